The van der Waals surface area contributed by atoms with Crippen LogP contribution in [-0.2, 0) is 9.53 Å². The Morgan fingerprint density at radius 3 is 2.48 bits per heavy atom. The molecule has 0 heterocycles. The SMILES string of the molecule is CCCC(=O)C(C=C(C)C)=NC(=O)OC1CC(C)CCC1C(C)CC. The zero-order valence-corrected chi connectivity index (χ0v) is 16.8. The van der Waals surface area contributed by atoms with E-state index in [0.29, 0.717) is 24.2 Å². The van der Waals surface area contributed by atoms with Gasteiger partial charge in [-0.3, -0.25) is 4.79 Å². The minimum Gasteiger partial charge on any atom is -0.444 e. The van der Waals surface area contributed by atoms with Gasteiger partial charge in [0.25, 0.3) is 0 Å². The molecule has 142 valence electrons. The summed E-state index contributed by atoms with van der Waals surface area (Å²) >= 11 is 0. The van der Waals surface area contributed by atoms with Crippen LogP contribution >= 0.6 is 0 Å². The third-order valence-corrected chi connectivity index (χ3v) is 5.13. The van der Waals surface area contributed by atoms with Gasteiger partial charge in [-0.15, -0.1) is 0 Å². The van der Waals surface area contributed by atoms with E-state index in [1.54, 1.807) is 6.08 Å². The number of amides is 1. The van der Waals surface area contributed by atoms with Gasteiger partial charge in [0, 0.05) is 6.42 Å². The fraction of sp³-hybridized carbons (Fsp3) is 0.762. The Kier molecular flexibility index (Phi) is 9.09. The molecule has 0 bridgehead atoms. The average molecular weight is 350 g/mol. The summed E-state index contributed by atoms with van der Waals surface area (Å²) in [4.78, 5) is 28.6. The Balaban J connectivity index is 2.91. The topological polar surface area (TPSA) is 55.7 Å². The van der Waals surface area contributed by atoms with Crippen molar-refractivity contribution < 1.29 is 14.3 Å². The molecule has 4 nitrogen and oxygen atoms in total. The number of allylic oxidation sites excluding steroid dienone is 2. The molecule has 0 aromatic rings. The molecule has 0 aliphatic heterocycles. The van der Waals surface area contributed by atoms with Crippen molar-refractivity contribution in [3.8, 4) is 0 Å². The predicted octanol–water partition coefficient (Wildman–Crippen LogP) is 5.75. The highest BCUT2D eigenvalue weighted by Gasteiger charge is 2.34. The molecule has 4 atom stereocenters. The van der Waals surface area contributed by atoms with Crippen LogP contribution in [0.3, 0.4) is 0 Å². The molecule has 1 aliphatic carbocycles. The zero-order valence-electron chi connectivity index (χ0n) is 16.8. The summed E-state index contributed by atoms with van der Waals surface area (Å²) in [5, 5.41) is 0. The van der Waals surface area contributed by atoms with Gasteiger partial charge in [0.15, 0.2) is 5.78 Å². The minimum atomic E-state index is -0.621. The third-order valence-electron chi connectivity index (χ3n) is 5.13. The lowest BCUT2D eigenvalue weighted by atomic mass is 9.74. The minimum absolute atomic E-state index is 0.0934. The van der Waals surface area contributed by atoms with Crippen LogP contribution in [0.2, 0.25) is 0 Å². The molecule has 1 fully saturated rings. The summed E-state index contributed by atoms with van der Waals surface area (Å²) < 4.78 is 5.73. The summed E-state index contributed by atoms with van der Waals surface area (Å²) in [6.45, 7) is 12.3. The number of Topliss-reactive ketones (excluding diaryl/α,β-unsaturated/α-hetero) is 1. The predicted molar refractivity (Wildman–Crippen MR) is 103 cm³/mol. The number of carbonyl (C=O) groups excluding carboxylic acids is 2. The van der Waals surface area contributed by atoms with E-state index in [1.165, 1.54) is 6.42 Å². The van der Waals surface area contributed by atoms with Crippen LogP contribution in [0.4, 0.5) is 4.79 Å². The molecule has 0 spiro atoms. The average Bonchev–Trinajstić information content (AvgIpc) is 2.53. The maximum atomic E-state index is 12.4. The van der Waals surface area contributed by atoms with E-state index in [0.717, 1.165) is 31.3 Å². The van der Waals surface area contributed by atoms with Crippen LogP contribution in [0.15, 0.2) is 16.6 Å². The van der Waals surface area contributed by atoms with Crippen LogP contribution in [0.1, 0.15) is 80.1 Å². The molecule has 0 radical (unpaired) electrons. The normalized spacial score (nSPS) is 25.2. The second-order valence-electron chi connectivity index (χ2n) is 7.78. The smallest absolute Gasteiger partial charge is 0.434 e. The van der Waals surface area contributed by atoms with Gasteiger partial charge in [-0.05, 0) is 56.9 Å². The fourth-order valence-corrected chi connectivity index (χ4v) is 3.50. The molecule has 4 heteroatoms. The van der Waals surface area contributed by atoms with Gasteiger partial charge < -0.3 is 4.74 Å². The van der Waals surface area contributed by atoms with Crippen LogP contribution in [-0.4, -0.2) is 23.7 Å². The Morgan fingerprint density at radius 1 is 1.24 bits per heavy atom. The van der Waals surface area contributed by atoms with Gasteiger partial charge in [0.1, 0.15) is 11.8 Å². The maximum absolute atomic E-state index is 12.4. The highest BCUT2D eigenvalue weighted by atomic mass is 16.6. The number of carbonyl (C=O) groups is 2. The lowest BCUT2D eigenvalue weighted by Crippen LogP contribution is -2.36. The first-order valence-electron chi connectivity index (χ1n) is 9.75. The molecule has 1 amide bonds. The number of hydrogen-bond acceptors (Lipinski definition) is 3. The molecule has 4 unspecified atom stereocenters. The van der Waals surface area contributed by atoms with Crippen molar-refractivity contribution in [2.24, 2.45) is 22.7 Å². The van der Waals surface area contributed by atoms with Crippen molar-refractivity contribution in [1.82, 2.24) is 0 Å². The molecule has 0 saturated heterocycles. The number of ether oxygens (including phenoxy) is 1. The van der Waals surface area contributed by atoms with Crippen molar-refractivity contribution >= 4 is 17.6 Å². The summed E-state index contributed by atoms with van der Waals surface area (Å²) in [6, 6.07) is 0. The second kappa shape index (κ2) is 10.5. The Labute approximate surface area is 153 Å². The van der Waals surface area contributed by atoms with Crippen LogP contribution in [0, 0.1) is 17.8 Å². The summed E-state index contributed by atoms with van der Waals surface area (Å²) in [7, 11) is 0. The van der Waals surface area contributed by atoms with E-state index >= 15 is 0 Å². The van der Waals surface area contributed by atoms with Crippen LogP contribution in [0.5, 0.6) is 0 Å². The molecular formula is C21H35NO3. The summed E-state index contributed by atoms with van der Waals surface area (Å²) in [5.41, 5.74) is 1.16. The first-order chi connectivity index (χ1) is 11.8. The largest absolute Gasteiger partial charge is 0.444 e. The van der Waals surface area contributed by atoms with Crippen molar-refractivity contribution in [1.29, 1.82) is 0 Å². The van der Waals surface area contributed by atoms with E-state index in [-0.39, 0.29) is 17.6 Å². The summed E-state index contributed by atoms with van der Waals surface area (Å²) in [5.74, 6) is 1.36. The van der Waals surface area contributed by atoms with E-state index < -0.39 is 6.09 Å². The van der Waals surface area contributed by atoms with Crippen molar-refractivity contribution in [2.45, 2.75) is 86.2 Å². The van der Waals surface area contributed by atoms with Gasteiger partial charge in [-0.25, -0.2) is 4.79 Å². The van der Waals surface area contributed by atoms with Crippen molar-refractivity contribution in [2.75, 3.05) is 0 Å². The molecular weight excluding hydrogens is 314 g/mol. The first-order valence-corrected chi connectivity index (χ1v) is 9.75. The fourth-order valence-electron chi connectivity index (χ4n) is 3.50. The molecule has 0 N–H and O–H groups in total. The number of nitrogens with zero attached hydrogens (tertiary/aromatic N) is 1. The number of aliphatic imine (C=N–C) groups is 1. The van der Waals surface area contributed by atoms with Gasteiger partial charge in [-0.2, -0.15) is 4.99 Å². The zero-order chi connectivity index (χ0) is 19.0. The number of rotatable bonds is 7. The molecule has 1 aliphatic rings. The molecule has 25 heavy (non-hydrogen) atoms. The molecule has 1 rings (SSSR count). The Morgan fingerprint density at radius 2 is 1.92 bits per heavy atom. The van der Waals surface area contributed by atoms with Crippen molar-refractivity contribution in [3.05, 3.63) is 11.6 Å². The van der Waals surface area contributed by atoms with Crippen LogP contribution in [0.25, 0.3) is 0 Å². The van der Waals surface area contributed by atoms with E-state index in [9.17, 15) is 9.59 Å². The van der Waals surface area contributed by atoms with E-state index in [2.05, 4.69) is 25.8 Å². The lowest BCUT2D eigenvalue weighted by molar-refractivity contribution is -0.112. The van der Waals surface area contributed by atoms with Gasteiger partial charge in [-0.1, -0.05) is 46.1 Å². The Hall–Kier alpha value is -1.45. The van der Waals surface area contributed by atoms with Crippen LogP contribution < -0.4 is 0 Å². The molecule has 0 aromatic carbocycles. The van der Waals surface area contributed by atoms with Gasteiger partial charge in [0.05, 0.1) is 0 Å². The monoisotopic (exact) mass is 349 g/mol. The Bertz CT molecular complexity index is 517. The standard InChI is InChI=1S/C21H35NO3/c1-7-9-19(23)18(12-14(3)4)22-21(24)25-20-13-15(5)10-11-17(20)16(6)8-2/h12,15-17,20H,7-11,13H2,1-6H3. The number of hydrogen-bond donors (Lipinski definition) is 0. The third kappa shape index (κ3) is 7.13. The van der Waals surface area contributed by atoms with E-state index in [4.69, 9.17) is 4.74 Å². The lowest BCUT2D eigenvalue weighted by Gasteiger charge is -2.37. The first kappa shape index (κ1) is 21.6. The highest BCUT2D eigenvalue weighted by molar-refractivity contribution is 6.45. The van der Waals surface area contributed by atoms with Crippen molar-refractivity contribution in [3.63, 3.8) is 0 Å². The second-order valence-corrected chi connectivity index (χ2v) is 7.78. The summed E-state index contributed by atoms with van der Waals surface area (Å²) in [6.07, 6.45) is 6.33. The highest BCUT2D eigenvalue weighted by Crippen LogP contribution is 2.36. The molecule has 0 aromatic heterocycles. The quantitative estimate of drug-likeness (QED) is 0.550. The molecule has 1 saturated carbocycles. The maximum Gasteiger partial charge on any atom is 0.434 e. The number of ketones is 1. The van der Waals surface area contributed by atoms with E-state index in [1.807, 2.05) is 20.8 Å². The van der Waals surface area contributed by atoms with Gasteiger partial charge >= 0.3 is 6.09 Å². The van der Waals surface area contributed by atoms with Gasteiger partial charge in [0.2, 0.25) is 0 Å².